The van der Waals surface area contributed by atoms with Gasteiger partial charge >= 0.3 is 5.97 Å². The van der Waals surface area contributed by atoms with E-state index in [1.165, 1.54) is 13.8 Å². The largest absolute Gasteiger partial charge is 0.481 e. The molecule has 0 amide bonds. The second-order valence-electron chi connectivity index (χ2n) is 3.94. The first-order chi connectivity index (χ1) is 6.36. The molecule has 0 aliphatic heterocycles. The van der Waals surface area contributed by atoms with Crippen LogP contribution in [0.1, 0.15) is 53.4 Å². The van der Waals surface area contributed by atoms with E-state index >= 15 is 0 Å². The Morgan fingerprint density at radius 2 is 1.57 bits per heavy atom. The number of hydrogen-bond acceptors (Lipinski definition) is 2. The molecular formula is C11H22O3. The second kappa shape index (κ2) is 10.2. The molecule has 0 heterocycles. The first kappa shape index (κ1) is 15.6. The van der Waals surface area contributed by atoms with Gasteiger partial charge in [0.25, 0.3) is 0 Å². The molecule has 3 nitrogen and oxygen atoms in total. The zero-order valence-electron chi connectivity index (χ0n) is 9.67. The van der Waals surface area contributed by atoms with Crippen molar-refractivity contribution < 1.29 is 14.7 Å². The van der Waals surface area contributed by atoms with Crippen molar-refractivity contribution in [3.05, 3.63) is 0 Å². The molecule has 84 valence electrons. The minimum atomic E-state index is -0.677. The average Bonchev–Trinajstić information content (AvgIpc) is 1.96. The van der Waals surface area contributed by atoms with Gasteiger partial charge < -0.3 is 9.90 Å². The van der Waals surface area contributed by atoms with E-state index in [2.05, 4.69) is 13.8 Å². The normalized spacial score (nSPS) is 9.21. The first-order valence-corrected chi connectivity index (χ1v) is 5.05. The topological polar surface area (TPSA) is 54.4 Å². The summed E-state index contributed by atoms with van der Waals surface area (Å²) in [5, 5.41) is 8.28. The summed E-state index contributed by atoms with van der Waals surface area (Å²) >= 11 is 0. The van der Waals surface area contributed by atoms with Crippen LogP contribution in [0.5, 0.6) is 0 Å². The lowest BCUT2D eigenvalue weighted by molar-refractivity contribution is -0.137. The van der Waals surface area contributed by atoms with Gasteiger partial charge in [-0.15, -0.1) is 0 Å². The summed E-state index contributed by atoms with van der Waals surface area (Å²) in [6, 6.07) is 0. The highest BCUT2D eigenvalue weighted by Crippen LogP contribution is 2.07. The maximum Gasteiger partial charge on any atom is 0.303 e. The summed E-state index contributed by atoms with van der Waals surface area (Å²) in [6.45, 7) is 7.36. The molecule has 0 aliphatic rings. The fourth-order valence-electron chi connectivity index (χ4n) is 0.829. The Morgan fingerprint density at radius 1 is 1.14 bits per heavy atom. The van der Waals surface area contributed by atoms with Gasteiger partial charge in [-0.05, 0) is 26.2 Å². The fourth-order valence-corrected chi connectivity index (χ4v) is 0.829. The molecule has 14 heavy (non-hydrogen) atoms. The number of rotatable bonds is 5. The molecule has 0 saturated carbocycles. The van der Waals surface area contributed by atoms with Crippen molar-refractivity contribution in [2.75, 3.05) is 0 Å². The third kappa shape index (κ3) is 30.4. The quantitative estimate of drug-likeness (QED) is 0.697. The average molecular weight is 202 g/mol. The Morgan fingerprint density at radius 3 is 1.86 bits per heavy atom. The molecule has 0 bridgehead atoms. The molecule has 3 heteroatoms. The Balaban J connectivity index is 0. The Kier molecular flexibility index (Phi) is 11.4. The molecule has 0 aromatic rings. The summed E-state index contributed by atoms with van der Waals surface area (Å²) in [6.07, 6.45) is 3.34. The van der Waals surface area contributed by atoms with Crippen molar-refractivity contribution in [2.24, 2.45) is 5.92 Å². The third-order valence-electron chi connectivity index (χ3n) is 1.42. The van der Waals surface area contributed by atoms with Crippen LogP contribution in [0.25, 0.3) is 0 Å². The van der Waals surface area contributed by atoms with Gasteiger partial charge in [0, 0.05) is 6.42 Å². The summed E-state index contributed by atoms with van der Waals surface area (Å²) < 4.78 is 0. The van der Waals surface area contributed by atoms with Crippen LogP contribution < -0.4 is 0 Å². The number of carbonyl (C=O) groups is 2. The van der Waals surface area contributed by atoms with Crippen LogP contribution in [0.3, 0.4) is 0 Å². The predicted octanol–water partition coefficient (Wildman–Crippen LogP) is 2.88. The Hall–Kier alpha value is -0.860. The first-order valence-electron chi connectivity index (χ1n) is 5.05. The minimum absolute atomic E-state index is 0.167. The van der Waals surface area contributed by atoms with E-state index in [-0.39, 0.29) is 5.78 Å². The standard InChI is InChI=1S/C8H16O2.C3H6O/c1-7(2)5-3-4-6-8(9)10;1-3(2)4/h7H,3-6H2,1-2H3,(H,9,10);1-2H3. The monoisotopic (exact) mass is 202 g/mol. The number of aliphatic carboxylic acids is 1. The van der Waals surface area contributed by atoms with Crippen molar-refractivity contribution in [2.45, 2.75) is 53.4 Å². The summed E-state index contributed by atoms with van der Waals surface area (Å²) in [7, 11) is 0. The molecule has 0 atom stereocenters. The molecule has 0 aromatic carbocycles. The molecular weight excluding hydrogens is 180 g/mol. The summed E-state index contributed by atoms with van der Waals surface area (Å²) in [5.74, 6) is 0.192. The van der Waals surface area contributed by atoms with E-state index < -0.39 is 5.97 Å². The van der Waals surface area contributed by atoms with E-state index in [9.17, 15) is 9.59 Å². The van der Waals surface area contributed by atoms with Crippen molar-refractivity contribution >= 4 is 11.8 Å². The number of Topliss-reactive ketones (excluding diaryl/α,β-unsaturated/α-hetero) is 1. The van der Waals surface area contributed by atoms with Gasteiger partial charge in [0.05, 0.1) is 0 Å². The number of carboxylic acid groups (broad SMARTS) is 1. The highest BCUT2D eigenvalue weighted by molar-refractivity contribution is 5.72. The van der Waals surface area contributed by atoms with Crippen LogP contribution in [-0.4, -0.2) is 16.9 Å². The molecule has 0 aliphatic carbocycles. The van der Waals surface area contributed by atoms with Crippen LogP contribution in [0.15, 0.2) is 0 Å². The van der Waals surface area contributed by atoms with Crippen molar-refractivity contribution in [3.8, 4) is 0 Å². The molecule has 0 unspecified atom stereocenters. The van der Waals surface area contributed by atoms with Crippen molar-refractivity contribution in [1.82, 2.24) is 0 Å². The van der Waals surface area contributed by atoms with Crippen LogP contribution >= 0.6 is 0 Å². The molecule has 0 rings (SSSR count). The number of unbranched alkanes of at least 4 members (excludes halogenated alkanes) is 1. The third-order valence-corrected chi connectivity index (χ3v) is 1.42. The van der Waals surface area contributed by atoms with Gasteiger partial charge in [-0.25, -0.2) is 0 Å². The van der Waals surface area contributed by atoms with Gasteiger partial charge in [0.15, 0.2) is 0 Å². The van der Waals surface area contributed by atoms with E-state index in [0.717, 1.165) is 19.3 Å². The van der Waals surface area contributed by atoms with Crippen LogP contribution in [0, 0.1) is 5.92 Å². The minimum Gasteiger partial charge on any atom is -0.481 e. The number of ketones is 1. The summed E-state index contributed by atoms with van der Waals surface area (Å²) in [5.41, 5.74) is 0. The van der Waals surface area contributed by atoms with E-state index in [1.807, 2.05) is 0 Å². The molecule has 0 aromatic heterocycles. The van der Waals surface area contributed by atoms with Crippen LogP contribution in [0.4, 0.5) is 0 Å². The van der Waals surface area contributed by atoms with Gasteiger partial charge in [-0.3, -0.25) is 4.79 Å². The zero-order valence-corrected chi connectivity index (χ0v) is 9.67. The van der Waals surface area contributed by atoms with Crippen molar-refractivity contribution in [1.29, 1.82) is 0 Å². The lowest BCUT2D eigenvalue weighted by Gasteiger charge is -2.01. The second-order valence-corrected chi connectivity index (χ2v) is 3.94. The summed E-state index contributed by atoms with van der Waals surface area (Å²) in [4.78, 5) is 19.5. The lowest BCUT2D eigenvalue weighted by Crippen LogP contribution is -1.94. The van der Waals surface area contributed by atoms with Gasteiger partial charge in [0.1, 0.15) is 5.78 Å². The van der Waals surface area contributed by atoms with E-state index in [1.54, 1.807) is 0 Å². The maximum absolute atomic E-state index is 10.0. The fraction of sp³-hybridized carbons (Fsp3) is 0.818. The smallest absolute Gasteiger partial charge is 0.303 e. The predicted molar refractivity (Wildman–Crippen MR) is 57.3 cm³/mol. The van der Waals surface area contributed by atoms with Crippen LogP contribution in [0.2, 0.25) is 0 Å². The van der Waals surface area contributed by atoms with E-state index in [0.29, 0.717) is 12.3 Å². The SMILES string of the molecule is CC(C)=O.CC(C)CCCCC(=O)O. The van der Waals surface area contributed by atoms with Crippen molar-refractivity contribution in [3.63, 3.8) is 0 Å². The number of carboxylic acids is 1. The van der Waals surface area contributed by atoms with Gasteiger partial charge in [0.2, 0.25) is 0 Å². The molecule has 0 saturated heterocycles. The highest BCUT2D eigenvalue weighted by atomic mass is 16.4. The molecule has 1 N–H and O–H groups in total. The van der Waals surface area contributed by atoms with E-state index in [4.69, 9.17) is 5.11 Å². The zero-order chi connectivity index (χ0) is 11.6. The van der Waals surface area contributed by atoms with Gasteiger partial charge in [-0.2, -0.15) is 0 Å². The lowest BCUT2D eigenvalue weighted by atomic mass is 10.1. The molecule has 0 spiro atoms. The molecule has 0 radical (unpaired) electrons. The highest BCUT2D eigenvalue weighted by Gasteiger charge is 1.97. The van der Waals surface area contributed by atoms with Gasteiger partial charge in [-0.1, -0.05) is 26.7 Å². The van der Waals surface area contributed by atoms with Crippen LogP contribution in [-0.2, 0) is 9.59 Å². The Labute approximate surface area is 86.5 Å². The number of carbonyl (C=O) groups excluding carboxylic acids is 1. The Bertz CT molecular complexity index is 158. The molecule has 0 fully saturated rings. The maximum atomic E-state index is 10.0. The number of hydrogen-bond donors (Lipinski definition) is 1.